The zero-order valence-electron chi connectivity index (χ0n) is 10.8. The first-order valence-corrected chi connectivity index (χ1v) is 7.60. The van der Waals surface area contributed by atoms with Gasteiger partial charge in [-0.2, -0.15) is 11.8 Å². The summed E-state index contributed by atoms with van der Waals surface area (Å²) in [7, 11) is 0. The molecule has 2 amide bonds. The zero-order valence-corrected chi connectivity index (χ0v) is 11.6. The van der Waals surface area contributed by atoms with E-state index in [4.69, 9.17) is 5.11 Å². The van der Waals surface area contributed by atoms with Crippen molar-refractivity contribution in [1.82, 2.24) is 10.6 Å². The van der Waals surface area contributed by atoms with Crippen molar-refractivity contribution >= 4 is 23.8 Å². The van der Waals surface area contributed by atoms with Crippen LogP contribution in [0.2, 0.25) is 0 Å². The highest BCUT2D eigenvalue weighted by Gasteiger charge is 2.15. The normalized spacial score (nSPS) is 21.1. The van der Waals surface area contributed by atoms with Gasteiger partial charge in [0.25, 0.3) is 0 Å². The van der Waals surface area contributed by atoms with Crippen LogP contribution in [0.3, 0.4) is 0 Å². The summed E-state index contributed by atoms with van der Waals surface area (Å²) in [6.07, 6.45) is 3.50. The van der Waals surface area contributed by atoms with Gasteiger partial charge in [0.05, 0.1) is 5.92 Å². The van der Waals surface area contributed by atoms with Gasteiger partial charge in [0, 0.05) is 18.3 Å². The Balaban J connectivity index is 2.04. The fourth-order valence-corrected chi connectivity index (χ4v) is 2.90. The summed E-state index contributed by atoms with van der Waals surface area (Å²) in [4.78, 5) is 22.1. The van der Waals surface area contributed by atoms with E-state index in [0.29, 0.717) is 19.4 Å². The fraction of sp³-hybridized carbons (Fsp3) is 0.833. The minimum atomic E-state index is -0.779. The van der Waals surface area contributed by atoms with Crippen LogP contribution >= 0.6 is 11.8 Å². The number of carbonyl (C=O) groups is 2. The molecule has 2 atom stereocenters. The van der Waals surface area contributed by atoms with Crippen LogP contribution < -0.4 is 10.6 Å². The van der Waals surface area contributed by atoms with Crippen molar-refractivity contribution in [2.24, 2.45) is 5.92 Å². The Bertz CT molecular complexity index is 280. The highest BCUT2D eigenvalue weighted by Crippen LogP contribution is 2.16. The minimum Gasteiger partial charge on any atom is -0.481 e. The first-order chi connectivity index (χ1) is 8.59. The van der Waals surface area contributed by atoms with Gasteiger partial charge in [0.1, 0.15) is 0 Å². The van der Waals surface area contributed by atoms with Crippen molar-refractivity contribution in [3.8, 4) is 0 Å². The summed E-state index contributed by atoms with van der Waals surface area (Å²) in [5.41, 5.74) is 0. The van der Waals surface area contributed by atoms with Crippen LogP contribution in [0.15, 0.2) is 0 Å². The first kappa shape index (κ1) is 15.1. The number of urea groups is 1. The van der Waals surface area contributed by atoms with Crippen molar-refractivity contribution in [1.29, 1.82) is 0 Å². The number of hydrogen-bond donors (Lipinski definition) is 3. The van der Waals surface area contributed by atoms with E-state index in [1.807, 2.05) is 11.8 Å². The predicted octanol–water partition coefficient (Wildman–Crippen LogP) is 1.68. The fourth-order valence-electron chi connectivity index (χ4n) is 1.82. The Morgan fingerprint density at radius 1 is 1.50 bits per heavy atom. The van der Waals surface area contributed by atoms with Gasteiger partial charge in [-0.05, 0) is 31.4 Å². The van der Waals surface area contributed by atoms with Crippen molar-refractivity contribution in [2.45, 2.75) is 38.6 Å². The second-order valence-corrected chi connectivity index (χ2v) is 5.85. The van der Waals surface area contributed by atoms with E-state index in [0.717, 1.165) is 18.6 Å². The number of carboxylic acids is 1. The van der Waals surface area contributed by atoms with Gasteiger partial charge in [0.2, 0.25) is 0 Å². The molecule has 6 heteroatoms. The van der Waals surface area contributed by atoms with Crippen LogP contribution in [0.1, 0.15) is 32.6 Å². The summed E-state index contributed by atoms with van der Waals surface area (Å²) in [6.45, 7) is 2.21. The Morgan fingerprint density at radius 2 is 2.28 bits per heavy atom. The van der Waals surface area contributed by atoms with E-state index in [9.17, 15) is 9.59 Å². The number of thioether (sulfide) groups is 1. The molecule has 0 spiro atoms. The number of carboxylic acid groups (broad SMARTS) is 1. The molecule has 2 unspecified atom stereocenters. The molecule has 0 aromatic rings. The molecule has 104 valence electrons. The largest absolute Gasteiger partial charge is 0.481 e. The van der Waals surface area contributed by atoms with Crippen LogP contribution in [-0.4, -0.2) is 41.2 Å². The second kappa shape index (κ2) is 8.24. The van der Waals surface area contributed by atoms with Gasteiger partial charge in [-0.3, -0.25) is 4.79 Å². The molecule has 5 nitrogen and oxygen atoms in total. The van der Waals surface area contributed by atoms with Crippen LogP contribution in [0.5, 0.6) is 0 Å². The molecule has 0 aromatic carbocycles. The summed E-state index contributed by atoms with van der Waals surface area (Å²) in [5.74, 6) is 1.05. The lowest BCUT2D eigenvalue weighted by atomic mass is 10.1. The Labute approximate surface area is 112 Å². The highest BCUT2D eigenvalue weighted by molar-refractivity contribution is 7.99. The van der Waals surface area contributed by atoms with E-state index in [-0.39, 0.29) is 18.0 Å². The summed E-state index contributed by atoms with van der Waals surface area (Å²) in [5, 5.41) is 14.4. The third-order valence-corrected chi connectivity index (χ3v) is 4.23. The van der Waals surface area contributed by atoms with Crippen molar-refractivity contribution in [3.05, 3.63) is 0 Å². The molecular formula is C12H22N2O3S. The van der Waals surface area contributed by atoms with E-state index >= 15 is 0 Å². The molecular weight excluding hydrogens is 252 g/mol. The SMILES string of the molecule is CC(CCCNC(=O)NC1CCCSC1)C(=O)O. The second-order valence-electron chi connectivity index (χ2n) is 4.70. The Morgan fingerprint density at radius 3 is 2.89 bits per heavy atom. The molecule has 3 N–H and O–H groups in total. The Kier molecular flexibility index (Phi) is 6.93. The molecule has 0 aliphatic carbocycles. The van der Waals surface area contributed by atoms with Crippen molar-refractivity contribution in [2.75, 3.05) is 18.1 Å². The maximum atomic E-state index is 11.5. The molecule has 0 bridgehead atoms. The number of carbonyl (C=O) groups excluding carboxylic acids is 1. The monoisotopic (exact) mass is 274 g/mol. The Hall–Kier alpha value is -0.910. The van der Waals surface area contributed by atoms with Gasteiger partial charge in [0.15, 0.2) is 0 Å². The van der Waals surface area contributed by atoms with Gasteiger partial charge >= 0.3 is 12.0 Å². The van der Waals surface area contributed by atoms with E-state index in [1.54, 1.807) is 6.92 Å². The maximum Gasteiger partial charge on any atom is 0.315 e. The maximum absolute atomic E-state index is 11.5. The number of amides is 2. The summed E-state index contributed by atoms with van der Waals surface area (Å²) >= 11 is 1.87. The smallest absolute Gasteiger partial charge is 0.315 e. The lowest BCUT2D eigenvalue weighted by Gasteiger charge is -2.22. The van der Waals surface area contributed by atoms with Crippen LogP contribution in [0.25, 0.3) is 0 Å². The molecule has 1 fully saturated rings. The predicted molar refractivity (Wildman–Crippen MR) is 72.9 cm³/mol. The molecule has 0 radical (unpaired) electrons. The number of nitrogens with one attached hydrogen (secondary N) is 2. The molecule has 0 aromatic heterocycles. The van der Waals surface area contributed by atoms with Gasteiger partial charge in [-0.1, -0.05) is 6.92 Å². The summed E-state index contributed by atoms with van der Waals surface area (Å²) < 4.78 is 0. The molecule has 1 heterocycles. The molecule has 18 heavy (non-hydrogen) atoms. The van der Waals surface area contributed by atoms with Crippen LogP contribution in [0.4, 0.5) is 4.79 Å². The number of rotatable bonds is 6. The van der Waals surface area contributed by atoms with E-state index < -0.39 is 5.97 Å². The average molecular weight is 274 g/mol. The number of hydrogen-bond acceptors (Lipinski definition) is 3. The lowest BCUT2D eigenvalue weighted by molar-refractivity contribution is -0.141. The van der Waals surface area contributed by atoms with E-state index in [2.05, 4.69) is 10.6 Å². The summed E-state index contributed by atoms with van der Waals surface area (Å²) in [6, 6.07) is 0.146. The van der Waals surface area contributed by atoms with Gasteiger partial charge in [-0.15, -0.1) is 0 Å². The van der Waals surface area contributed by atoms with Crippen LogP contribution in [-0.2, 0) is 4.79 Å². The lowest BCUT2D eigenvalue weighted by Crippen LogP contribution is -2.44. The first-order valence-electron chi connectivity index (χ1n) is 6.44. The highest BCUT2D eigenvalue weighted by atomic mass is 32.2. The third kappa shape index (κ3) is 6.14. The average Bonchev–Trinajstić information content (AvgIpc) is 2.35. The quantitative estimate of drug-likeness (QED) is 0.644. The number of aliphatic carboxylic acids is 1. The molecule has 1 rings (SSSR count). The molecule has 1 saturated heterocycles. The van der Waals surface area contributed by atoms with Gasteiger partial charge in [-0.25, -0.2) is 4.79 Å². The molecule has 1 aliphatic heterocycles. The van der Waals surface area contributed by atoms with Gasteiger partial charge < -0.3 is 15.7 Å². The topological polar surface area (TPSA) is 78.4 Å². The van der Waals surface area contributed by atoms with Crippen LogP contribution in [0, 0.1) is 5.92 Å². The minimum absolute atomic E-state index is 0.134. The zero-order chi connectivity index (χ0) is 13.4. The molecule has 1 aliphatic rings. The van der Waals surface area contributed by atoms with Crippen molar-refractivity contribution in [3.63, 3.8) is 0 Å². The molecule has 0 saturated carbocycles. The van der Waals surface area contributed by atoms with Crippen molar-refractivity contribution < 1.29 is 14.7 Å². The van der Waals surface area contributed by atoms with E-state index in [1.165, 1.54) is 5.75 Å². The standard InChI is InChI=1S/C12H22N2O3S/c1-9(11(15)16)4-2-6-13-12(17)14-10-5-3-7-18-8-10/h9-10H,2-8H2,1H3,(H,15,16)(H2,13,14,17). The third-order valence-electron chi connectivity index (χ3n) is 3.02.